The second-order valence-electron chi connectivity index (χ2n) is 30.8. The molecular weight excluding hydrogens is 1330 g/mol. The van der Waals surface area contributed by atoms with Crippen LogP contribution in [-0.2, 0) is 65.4 Å². The highest BCUT2D eigenvalue weighted by atomic mass is 31.2. The van der Waals surface area contributed by atoms with Crippen LogP contribution in [0.3, 0.4) is 0 Å². The molecule has 0 aromatic rings. The lowest BCUT2D eigenvalue weighted by atomic mass is 9.99. The molecule has 0 heterocycles. The van der Waals surface area contributed by atoms with E-state index in [1.54, 1.807) is 0 Å². The van der Waals surface area contributed by atoms with Gasteiger partial charge in [0.2, 0.25) is 0 Å². The zero-order valence-electron chi connectivity index (χ0n) is 67.1. The van der Waals surface area contributed by atoms with Gasteiger partial charge in [-0.15, -0.1) is 0 Å². The Morgan fingerprint density at radius 3 is 0.745 bits per heavy atom. The Morgan fingerprint density at radius 2 is 0.500 bits per heavy atom. The van der Waals surface area contributed by atoms with Gasteiger partial charge in [-0.25, -0.2) is 9.13 Å². The van der Waals surface area contributed by atoms with E-state index in [2.05, 4.69) is 48.5 Å². The third-order valence-electron chi connectivity index (χ3n) is 20.1. The van der Waals surface area contributed by atoms with Crippen LogP contribution in [0.1, 0.15) is 434 Å². The van der Waals surface area contributed by atoms with Gasteiger partial charge >= 0.3 is 39.5 Å². The molecule has 7 atom stereocenters. The Bertz CT molecular complexity index is 1980. The summed E-state index contributed by atoms with van der Waals surface area (Å²) in [4.78, 5) is 72.7. The highest BCUT2D eigenvalue weighted by Crippen LogP contribution is 2.45. The number of rotatable bonds is 81. The van der Waals surface area contributed by atoms with Gasteiger partial charge in [0.05, 0.1) is 26.4 Å². The molecule has 0 aromatic carbocycles. The lowest BCUT2D eigenvalue weighted by Crippen LogP contribution is -2.30. The summed E-state index contributed by atoms with van der Waals surface area (Å²) in [6.07, 6.45) is 63.0. The topological polar surface area (TPSA) is 237 Å². The second kappa shape index (κ2) is 73.2. The van der Waals surface area contributed by atoms with Crippen molar-refractivity contribution in [3.63, 3.8) is 0 Å². The Kier molecular flexibility index (Phi) is 71.8. The smallest absolute Gasteiger partial charge is 0.462 e. The summed E-state index contributed by atoms with van der Waals surface area (Å²) in [7, 11) is -9.91. The number of phosphoric acid groups is 2. The van der Waals surface area contributed by atoms with E-state index in [1.165, 1.54) is 238 Å². The molecular formula is C83H162O17P2. The molecule has 0 amide bonds. The van der Waals surface area contributed by atoms with E-state index in [0.29, 0.717) is 25.7 Å². The molecule has 0 aromatic heterocycles. The van der Waals surface area contributed by atoms with E-state index in [0.717, 1.165) is 114 Å². The molecule has 0 bridgehead atoms. The summed E-state index contributed by atoms with van der Waals surface area (Å²) >= 11 is 0. The Morgan fingerprint density at radius 1 is 0.284 bits per heavy atom. The molecule has 0 radical (unpaired) electrons. The molecule has 0 aliphatic carbocycles. The van der Waals surface area contributed by atoms with E-state index in [9.17, 15) is 43.2 Å². The highest BCUT2D eigenvalue weighted by molar-refractivity contribution is 7.47. The van der Waals surface area contributed by atoms with Crippen LogP contribution in [0.25, 0.3) is 0 Å². The van der Waals surface area contributed by atoms with Gasteiger partial charge in [-0.1, -0.05) is 382 Å². The standard InChI is InChI=1S/C83H162O17P2/c1-8-11-12-47-57-64-80(85)93-70-78(99-82(87)67-60-53-46-40-34-33-35-41-48-54-61-74(4)5)72-97-101(89,90)95-68-77(84)69-96-102(91,92)98-73-79(100-83(88)66-59-52-45-39-32-28-24-20-16-14-18-22-26-30-37-43-50-56-63-76(7)10-3)71-94-81(86)65-58-51-44-38-31-27-23-19-15-13-17-21-25-29-36-42-49-55-62-75(6)9-2/h74-79,84H,8-73H2,1-7H3,(H,89,90)(H,91,92)/t75?,76?,77-,78+,79+/m0/s1. The van der Waals surface area contributed by atoms with Crippen LogP contribution in [0.15, 0.2) is 0 Å². The number of unbranched alkanes of at least 4 members (excludes halogenated alkanes) is 47. The van der Waals surface area contributed by atoms with Gasteiger partial charge in [0.25, 0.3) is 0 Å². The van der Waals surface area contributed by atoms with Crippen LogP contribution >= 0.6 is 15.6 Å². The van der Waals surface area contributed by atoms with Crippen molar-refractivity contribution in [1.29, 1.82) is 0 Å². The Balaban J connectivity index is 5.10. The van der Waals surface area contributed by atoms with E-state index in [4.69, 9.17) is 37.0 Å². The summed E-state index contributed by atoms with van der Waals surface area (Å²) in [5, 5.41) is 10.6. The van der Waals surface area contributed by atoms with Crippen molar-refractivity contribution in [2.75, 3.05) is 39.6 Å². The average Bonchev–Trinajstić information content (AvgIpc) is 0.912. The third-order valence-corrected chi connectivity index (χ3v) is 22.0. The number of carbonyl (C=O) groups is 4. The highest BCUT2D eigenvalue weighted by Gasteiger charge is 2.30. The Labute approximate surface area is 626 Å². The van der Waals surface area contributed by atoms with Crippen LogP contribution in [0.5, 0.6) is 0 Å². The summed E-state index contributed by atoms with van der Waals surface area (Å²) in [5.41, 5.74) is 0. The average molecular weight is 1490 g/mol. The van der Waals surface area contributed by atoms with E-state index in [-0.39, 0.29) is 25.7 Å². The number of aliphatic hydroxyl groups excluding tert-OH is 1. The monoisotopic (exact) mass is 1490 g/mol. The summed E-state index contributed by atoms with van der Waals surface area (Å²) in [6, 6.07) is 0. The van der Waals surface area contributed by atoms with Crippen LogP contribution in [0.2, 0.25) is 0 Å². The number of carbonyl (C=O) groups excluding carboxylic acids is 4. The fraction of sp³-hybridized carbons (Fsp3) is 0.952. The van der Waals surface area contributed by atoms with Crippen molar-refractivity contribution in [1.82, 2.24) is 0 Å². The van der Waals surface area contributed by atoms with Crippen LogP contribution < -0.4 is 0 Å². The normalized spacial score (nSPS) is 14.5. The fourth-order valence-corrected chi connectivity index (χ4v) is 14.4. The third kappa shape index (κ3) is 73.6. The molecule has 0 fully saturated rings. The maximum absolute atomic E-state index is 13.1. The number of esters is 4. The first-order chi connectivity index (χ1) is 49.3. The van der Waals surface area contributed by atoms with Gasteiger partial charge < -0.3 is 33.8 Å². The molecule has 606 valence electrons. The van der Waals surface area contributed by atoms with Crippen molar-refractivity contribution in [3.8, 4) is 0 Å². The van der Waals surface area contributed by atoms with Crippen molar-refractivity contribution in [2.24, 2.45) is 17.8 Å². The van der Waals surface area contributed by atoms with Crippen molar-refractivity contribution in [3.05, 3.63) is 0 Å². The minimum Gasteiger partial charge on any atom is -0.462 e. The molecule has 0 saturated carbocycles. The van der Waals surface area contributed by atoms with Gasteiger partial charge in [0, 0.05) is 25.7 Å². The molecule has 0 rings (SSSR count). The minimum absolute atomic E-state index is 0.105. The molecule has 4 unspecified atom stereocenters. The van der Waals surface area contributed by atoms with Crippen LogP contribution in [0, 0.1) is 17.8 Å². The zero-order valence-corrected chi connectivity index (χ0v) is 68.9. The van der Waals surface area contributed by atoms with Crippen molar-refractivity contribution < 1.29 is 80.2 Å². The number of ether oxygens (including phenoxy) is 4. The summed E-state index contributed by atoms with van der Waals surface area (Å²) in [6.45, 7) is 12.0. The molecule has 0 spiro atoms. The predicted octanol–water partition coefficient (Wildman–Crippen LogP) is 24.9. The minimum atomic E-state index is -4.96. The van der Waals surface area contributed by atoms with Gasteiger partial charge in [0.15, 0.2) is 12.2 Å². The quantitative estimate of drug-likeness (QED) is 0.0222. The SMILES string of the molecule is CCCCCCCC(=O)OC[C@H](COP(=O)(O)OC[C@H](O)COP(=O)(O)OC[C@@H](COC(=O)CCCCCCCCCCCCCCCCCCCCC(C)CC)OC(=O)CCCCCCCCCCCCCCCCCCCCC(C)CC)OC(=O)CCCCCCCCCCCCC(C)C. The van der Waals surface area contributed by atoms with E-state index < -0.39 is 97.5 Å². The van der Waals surface area contributed by atoms with E-state index >= 15 is 0 Å². The van der Waals surface area contributed by atoms with Gasteiger partial charge in [0.1, 0.15) is 19.3 Å². The number of hydrogen-bond donors (Lipinski definition) is 3. The zero-order chi connectivity index (χ0) is 75.1. The number of phosphoric ester groups is 2. The number of hydrogen-bond acceptors (Lipinski definition) is 15. The molecule has 3 N–H and O–H groups in total. The van der Waals surface area contributed by atoms with Crippen LogP contribution in [-0.4, -0.2) is 96.7 Å². The molecule has 0 saturated heterocycles. The molecule has 0 aliphatic heterocycles. The van der Waals surface area contributed by atoms with Gasteiger partial charge in [-0.05, 0) is 43.4 Å². The maximum Gasteiger partial charge on any atom is 0.472 e. The largest absolute Gasteiger partial charge is 0.472 e. The summed E-state index contributed by atoms with van der Waals surface area (Å²) in [5.74, 6) is 0.375. The molecule has 102 heavy (non-hydrogen) atoms. The maximum atomic E-state index is 13.1. The van der Waals surface area contributed by atoms with E-state index in [1.807, 2.05) is 0 Å². The molecule has 17 nitrogen and oxygen atoms in total. The molecule has 0 aliphatic rings. The first-order valence-corrected chi connectivity index (χ1v) is 45.9. The molecule has 19 heteroatoms. The lowest BCUT2D eigenvalue weighted by molar-refractivity contribution is -0.161. The van der Waals surface area contributed by atoms with Gasteiger partial charge in [-0.3, -0.25) is 37.3 Å². The van der Waals surface area contributed by atoms with Crippen LogP contribution in [0.4, 0.5) is 0 Å². The van der Waals surface area contributed by atoms with Crippen molar-refractivity contribution >= 4 is 39.5 Å². The first kappa shape index (κ1) is 100. The fourth-order valence-electron chi connectivity index (χ4n) is 12.8. The summed E-state index contributed by atoms with van der Waals surface area (Å²) < 4.78 is 68.5. The predicted molar refractivity (Wildman–Crippen MR) is 418 cm³/mol. The van der Waals surface area contributed by atoms with Crippen molar-refractivity contribution in [2.45, 2.75) is 452 Å². The first-order valence-electron chi connectivity index (χ1n) is 42.9. The Hall–Kier alpha value is -1.94. The van der Waals surface area contributed by atoms with Gasteiger partial charge in [-0.2, -0.15) is 0 Å². The number of aliphatic hydroxyl groups is 1. The lowest BCUT2D eigenvalue weighted by Gasteiger charge is -2.21. The second-order valence-corrected chi connectivity index (χ2v) is 33.7.